The van der Waals surface area contributed by atoms with Crippen LogP contribution in [0.1, 0.15) is 10.4 Å². The molecular weight excluding hydrogens is 392 g/mol. The van der Waals surface area contributed by atoms with E-state index in [1.807, 2.05) is 12.1 Å². The molecule has 1 heterocycles. The molecule has 20 heavy (non-hydrogen) atoms. The van der Waals surface area contributed by atoms with E-state index in [9.17, 15) is 9.18 Å². The SMILES string of the molecule is O=C(Nc1cccc2c1N=[Se]=N2)c1ccc(F)c(Br)c1. The molecule has 0 aromatic heterocycles. The molecule has 2 aromatic carbocycles. The number of fused-ring (bicyclic) bond motifs is 1. The van der Waals surface area contributed by atoms with Crippen molar-refractivity contribution in [3.05, 3.63) is 52.3 Å². The van der Waals surface area contributed by atoms with Crippen LogP contribution < -0.4 is 5.32 Å². The molecule has 7 heteroatoms. The van der Waals surface area contributed by atoms with Crippen molar-refractivity contribution in [3.8, 4) is 0 Å². The average Bonchev–Trinajstić information content (AvgIpc) is 2.91. The second kappa shape index (κ2) is 5.44. The van der Waals surface area contributed by atoms with Gasteiger partial charge in [-0.2, -0.15) is 0 Å². The summed E-state index contributed by atoms with van der Waals surface area (Å²) in [5, 5.41) is 2.78. The zero-order valence-electron chi connectivity index (χ0n) is 9.93. The van der Waals surface area contributed by atoms with Crippen molar-refractivity contribution in [1.29, 1.82) is 0 Å². The first-order chi connectivity index (χ1) is 9.65. The summed E-state index contributed by atoms with van der Waals surface area (Å²) < 4.78 is 22.0. The van der Waals surface area contributed by atoms with Crippen molar-refractivity contribution in [2.24, 2.45) is 7.92 Å². The molecule has 2 aromatic rings. The van der Waals surface area contributed by atoms with Gasteiger partial charge in [0, 0.05) is 0 Å². The van der Waals surface area contributed by atoms with Crippen LogP contribution >= 0.6 is 15.9 Å². The number of rotatable bonds is 2. The number of anilines is 1. The number of benzene rings is 2. The van der Waals surface area contributed by atoms with Gasteiger partial charge in [-0.25, -0.2) is 0 Å². The first kappa shape index (κ1) is 13.4. The number of hydrogen-bond donors (Lipinski definition) is 1. The summed E-state index contributed by atoms with van der Waals surface area (Å²) in [7, 11) is 0. The van der Waals surface area contributed by atoms with Crippen LogP contribution in [0.4, 0.5) is 21.5 Å². The molecule has 4 nitrogen and oxygen atoms in total. The molecule has 0 spiro atoms. The topological polar surface area (TPSA) is 53.8 Å². The standard InChI is InChI=1S/C13H7BrFN3OSe/c14-8-6-7(4-5-9(8)15)13(19)16-10-2-1-3-11-12(10)18-20-17-11/h1-6H,(H,16,19). The molecule has 3 rings (SSSR count). The molecule has 0 atom stereocenters. The molecule has 0 unspecified atom stereocenters. The van der Waals surface area contributed by atoms with Crippen LogP contribution in [0.2, 0.25) is 0 Å². The van der Waals surface area contributed by atoms with E-state index in [1.54, 1.807) is 6.07 Å². The Morgan fingerprint density at radius 1 is 1.25 bits per heavy atom. The Morgan fingerprint density at radius 2 is 2.10 bits per heavy atom. The van der Waals surface area contributed by atoms with Crippen LogP contribution in [0.3, 0.4) is 0 Å². The summed E-state index contributed by atoms with van der Waals surface area (Å²) in [5.41, 5.74) is 2.50. The maximum atomic E-state index is 13.2. The van der Waals surface area contributed by atoms with Crippen LogP contribution in [0.5, 0.6) is 0 Å². The molecule has 0 saturated heterocycles. The van der Waals surface area contributed by atoms with E-state index in [1.165, 1.54) is 18.2 Å². The van der Waals surface area contributed by atoms with Crippen LogP contribution in [0.15, 0.2) is 48.8 Å². The van der Waals surface area contributed by atoms with Crippen molar-refractivity contribution in [1.82, 2.24) is 0 Å². The van der Waals surface area contributed by atoms with Gasteiger partial charge in [0.2, 0.25) is 0 Å². The van der Waals surface area contributed by atoms with E-state index in [0.717, 1.165) is 5.69 Å². The number of carbonyl (C=O) groups is 1. The molecule has 0 bridgehead atoms. The van der Waals surface area contributed by atoms with Gasteiger partial charge in [-0.05, 0) is 0 Å². The van der Waals surface area contributed by atoms with Crippen LogP contribution in [-0.4, -0.2) is 20.5 Å². The normalized spacial score (nSPS) is 11.9. The summed E-state index contributed by atoms with van der Waals surface area (Å²) in [6.07, 6.45) is 0. The number of carbonyl (C=O) groups excluding carboxylic acids is 1. The Kier molecular flexibility index (Phi) is 3.65. The van der Waals surface area contributed by atoms with Crippen LogP contribution in [0, 0.1) is 5.82 Å². The van der Waals surface area contributed by atoms with Gasteiger partial charge in [-0.15, -0.1) is 0 Å². The Bertz CT molecular complexity index is 787. The van der Waals surface area contributed by atoms with Crippen molar-refractivity contribution in [3.63, 3.8) is 0 Å². The second-order valence-corrected chi connectivity index (χ2v) is 5.98. The molecular formula is C13H7BrFN3OSe. The average molecular weight is 399 g/mol. The predicted molar refractivity (Wildman–Crippen MR) is 78.4 cm³/mol. The Balaban J connectivity index is 1.88. The molecule has 1 N–H and O–H groups in total. The van der Waals surface area contributed by atoms with Gasteiger partial charge in [0.05, 0.1) is 0 Å². The summed E-state index contributed by atoms with van der Waals surface area (Å²) in [6, 6.07) is 9.57. The maximum absolute atomic E-state index is 13.2. The molecule has 0 fully saturated rings. The molecule has 1 aliphatic rings. The Hall–Kier alpha value is -1.56. The number of hydrogen-bond acceptors (Lipinski definition) is 3. The van der Waals surface area contributed by atoms with Gasteiger partial charge in [0.1, 0.15) is 0 Å². The monoisotopic (exact) mass is 399 g/mol. The third kappa shape index (κ3) is 2.52. The van der Waals surface area contributed by atoms with Gasteiger partial charge in [-0.1, -0.05) is 0 Å². The summed E-state index contributed by atoms with van der Waals surface area (Å²) >= 11 is 2.91. The summed E-state index contributed by atoms with van der Waals surface area (Å²) in [4.78, 5) is 12.2. The first-order valence-corrected chi connectivity index (χ1v) is 7.95. The number of nitrogens with one attached hydrogen (secondary N) is 1. The van der Waals surface area contributed by atoms with Crippen LogP contribution in [0.25, 0.3) is 0 Å². The molecule has 0 radical (unpaired) electrons. The zero-order valence-corrected chi connectivity index (χ0v) is 13.2. The van der Waals surface area contributed by atoms with E-state index in [4.69, 9.17) is 0 Å². The van der Waals surface area contributed by atoms with Crippen LogP contribution in [-0.2, 0) is 0 Å². The fourth-order valence-electron chi connectivity index (χ4n) is 1.74. The van der Waals surface area contributed by atoms with E-state index in [0.29, 0.717) is 16.9 Å². The van der Waals surface area contributed by atoms with Gasteiger partial charge < -0.3 is 0 Å². The van der Waals surface area contributed by atoms with Gasteiger partial charge in [0.25, 0.3) is 0 Å². The molecule has 0 saturated carbocycles. The Labute approximate surface area is 128 Å². The minimum atomic E-state index is -0.404. The van der Waals surface area contributed by atoms with Crippen molar-refractivity contribution in [2.75, 3.05) is 5.32 Å². The third-order valence-electron chi connectivity index (χ3n) is 2.72. The molecule has 0 aliphatic carbocycles. The summed E-state index contributed by atoms with van der Waals surface area (Å²) in [5.74, 6) is -0.715. The fraction of sp³-hybridized carbons (Fsp3) is 0. The van der Waals surface area contributed by atoms with Gasteiger partial charge in [-0.3, -0.25) is 0 Å². The van der Waals surface area contributed by atoms with E-state index < -0.39 is 5.82 Å². The third-order valence-corrected chi connectivity index (χ3v) is 4.46. The minimum absolute atomic E-state index is 0.151. The summed E-state index contributed by atoms with van der Waals surface area (Å²) in [6.45, 7) is 0. The zero-order chi connectivity index (χ0) is 14.1. The van der Waals surface area contributed by atoms with E-state index in [-0.39, 0.29) is 24.9 Å². The van der Waals surface area contributed by atoms with E-state index >= 15 is 0 Å². The Morgan fingerprint density at radius 3 is 2.90 bits per heavy atom. The first-order valence-electron chi connectivity index (χ1n) is 5.63. The number of halogens is 2. The number of nitrogens with zero attached hydrogens (tertiary/aromatic N) is 2. The quantitative estimate of drug-likeness (QED) is 0.646. The van der Waals surface area contributed by atoms with Crippen molar-refractivity contribution >= 4 is 53.5 Å². The number of amides is 1. The molecule has 1 amide bonds. The predicted octanol–water partition coefficient (Wildman–Crippen LogP) is 4.19. The van der Waals surface area contributed by atoms with E-state index in [2.05, 4.69) is 29.2 Å². The van der Waals surface area contributed by atoms with Crippen molar-refractivity contribution < 1.29 is 9.18 Å². The van der Waals surface area contributed by atoms with Crippen molar-refractivity contribution in [2.45, 2.75) is 0 Å². The molecule has 1 aliphatic heterocycles. The second-order valence-electron chi connectivity index (χ2n) is 4.02. The van der Waals surface area contributed by atoms with Gasteiger partial charge in [0.15, 0.2) is 0 Å². The fourth-order valence-corrected chi connectivity index (χ4v) is 3.27. The van der Waals surface area contributed by atoms with Gasteiger partial charge >= 0.3 is 128 Å². The molecule has 100 valence electrons.